The Labute approximate surface area is 744 Å². The van der Waals surface area contributed by atoms with Crippen LogP contribution in [-0.2, 0) is 22.7 Å². The Morgan fingerprint density at radius 3 is 1.22 bits per heavy atom. The van der Waals surface area contributed by atoms with Crippen molar-refractivity contribution in [2.75, 3.05) is 125 Å². The summed E-state index contributed by atoms with van der Waals surface area (Å²) in [6.45, 7) is 29.2. The SMILES string of the molecule is CCC1CCCN(C(=O)c2sc3nnc(C)c(C)c3c2N)C1.Cc1nnc2sc(C(=O)N3CCC(O)(c4ccncc4)CC3)c(N)c2c1C.Cc1nnc2sc(C(=O)N3CCCC3c3ccccc3)c(N)c2c1C.Cc1nnc2sc(C(=O)N3CCCN(S(C)(=O)=O)CC3)c(N)c2c1C.Cc1nnc2sc(C(=O)N3CCN(c4nccn4C)CC3)c(N)c2c1C. The number of benzene rings is 1. The van der Waals surface area contributed by atoms with Gasteiger partial charge in [0.05, 0.1) is 74.8 Å². The van der Waals surface area contributed by atoms with Crippen LogP contribution in [0.25, 0.3) is 51.1 Å². The van der Waals surface area contributed by atoms with Crippen LogP contribution in [0.3, 0.4) is 0 Å². The molecule has 5 saturated heterocycles. The zero-order chi connectivity index (χ0) is 89.4. The molecule has 17 heterocycles. The minimum atomic E-state index is -3.25. The van der Waals surface area contributed by atoms with Crippen molar-refractivity contribution in [3.05, 3.63) is 159 Å². The second-order valence-electron chi connectivity index (χ2n) is 32.4. The molecule has 0 saturated carbocycles. The first-order valence-electron chi connectivity index (χ1n) is 41.6. The van der Waals surface area contributed by atoms with Gasteiger partial charge in [0.15, 0.2) is 0 Å². The summed E-state index contributed by atoms with van der Waals surface area (Å²) in [5.74, 6) is 1.29. The van der Waals surface area contributed by atoms with Crippen LogP contribution in [0, 0.1) is 75.2 Å². The lowest BCUT2D eigenvalue weighted by atomic mass is 9.85. The normalized spacial score (nSPS) is 16.9. The molecule has 0 spiro atoms. The summed E-state index contributed by atoms with van der Waals surface area (Å²) in [6.07, 6.45) is 15.2. The van der Waals surface area contributed by atoms with E-state index in [4.69, 9.17) is 28.7 Å². The third kappa shape index (κ3) is 18.3. The number of imidazole rings is 1. The summed E-state index contributed by atoms with van der Waals surface area (Å²) in [4.78, 5) is 91.1. The number of aryl methyl sites for hydroxylation is 11. The Morgan fingerprint density at radius 1 is 0.448 bits per heavy atom. The van der Waals surface area contributed by atoms with Crippen LogP contribution in [0.15, 0.2) is 67.3 Å². The molecule has 33 nitrogen and oxygen atoms in total. The molecule has 13 aromatic rings. The third-order valence-electron chi connectivity index (χ3n) is 24.7. The van der Waals surface area contributed by atoms with Crippen molar-refractivity contribution in [1.82, 2.24) is 94.3 Å². The number of nitrogen functional groups attached to an aromatic ring is 5. The van der Waals surface area contributed by atoms with E-state index in [2.05, 4.69) is 84.9 Å². The lowest BCUT2D eigenvalue weighted by molar-refractivity contribution is -0.0211. The Balaban J connectivity index is 0.000000127. The van der Waals surface area contributed by atoms with Crippen molar-refractivity contribution >= 4 is 182 Å². The molecule has 0 bridgehead atoms. The molecule has 18 rings (SSSR count). The smallest absolute Gasteiger partial charge is 0.266 e. The quantitative estimate of drug-likeness (QED) is 0.0740. The number of carbonyl (C=O) groups is 5. The second kappa shape index (κ2) is 37.5. The van der Waals surface area contributed by atoms with Gasteiger partial charge in [-0.05, 0) is 171 Å². The Bertz CT molecular complexity index is 6370. The number of rotatable bonds is 10. The molecule has 125 heavy (non-hydrogen) atoms. The van der Waals surface area contributed by atoms with Gasteiger partial charge in [-0.1, -0.05) is 43.7 Å². The summed E-state index contributed by atoms with van der Waals surface area (Å²) in [6, 6.07) is 14.0. The average molecular weight is 1810 g/mol. The van der Waals surface area contributed by atoms with Crippen LogP contribution in [0.1, 0.15) is 180 Å². The molecule has 5 amide bonds. The molecule has 5 fully saturated rings. The summed E-state index contributed by atoms with van der Waals surface area (Å²) >= 11 is 6.57. The van der Waals surface area contributed by atoms with E-state index in [9.17, 15) is 37.5 Å². The zero-order valence-corrected chi connectivity index (χ0v) is 77.3. The summed E-state index contributed by atoms with van der Waals surface area (Å²) < 4.78 is 26.8. The fraction of sp³-hybridized carbons (Fsp3) is 0.430. The maximum atomic E-state index is 13.2. The van der Waals surface area contributed by atoms with Crippen molar-refractivity contribution in [3.8, 4) is 0 Å². The van der Waals surface area contributed by atoms with Crippen molar-refractivity contribution in [2.24, 2.45) is 13.0 Å². The van der Waals surface area contributed by atoms with Gasteiger partial charge in [-0.3, -0.25) is 29.0 Å². The van der Waals surface area contributed by atoms with Crippen LogP contribution in [0.4, 0.5) is 34.4 Å². The number of sulfonamides is 1. The average Bonchev–Trinajstić information content (AvgIpc) is 1.64. The number of pyridine rings is 1. The van der Waals surface area contributed by atoms with Crippen LogP contribution < -0.4 is 33.6 Å². The Morgan fingerprint density at radius 2 is 0.824 bits per heavy atom. The molecule has 0 radical (unpaired) electrons. The molecule has 1 aromatic carbocycles. The van der Waals surface area contributed by atoms with Gasteiger partial charge in [0, 0.05) is 144 Å². The molecule has 2 unspecified atom stereocenters. The molecule has 12 aromatic heterocycles. The Hall–Kier alpha value is -11.2. The lowest BCUT2D eigenvalue weighted by Gasteiger charge is -2.38. The highest BCUT2D eigenvalue weighted by Gasteiger charge is 2.39. The molecule has 658 valence electrons. The minimum absolute atomic E-state index is 0.00362. The molecule has 5 aliphatic heterocycles. The van der Waals surface area contributed by atoms with Crippen LogP contribution in [0.2, 0.25) is 0 Å². The standard InChI is InChI=1S/C19H21N5O2S.C19H20N4OS.C17H21N7OS.C16H22N4OS.C15H21N5O3S2/c1-11-12(2)22-23-17-14(11)15(20)16(27-17)18(25)24-9-5-19(26,6-10-24)13-3-7-21-8-4-13;1-11-12(2)21-22-18-15(11)16(20)17(25-18)19(24)23-10-6-9-14(23)13-7-4-3-5-8-13;1-10-11(2)20-21-15-12(10)13(18)14(26-15)16(25)23-6-8-24(9-7-23)17-19-4-5-22(17)3;1-4-11-6-5-7-20(8-11)16(21)14-13(17)12-9(2)10(3)18-19-15(12)22-14;1-9-10(2)17-18-14-11(9)12(16)13(24-14)15(21)19-5-4-6-20(8-7-19)25(3,22)23/h3-4,7-8,26H,5-6,9-10,20H2,1-2H3;3-5,7-8,14H,6,9-10,20H2,1-2H3;4-5H,6-9,18H2,1-3H3;11H,4-8,17H2,1-3H3;4-8,16H2,1-3H3. The van der Waals surface area contributed by atoms with E-state index in [1.54, 1.807) is 28.4 Å². The number of piperazine rings is 1. The molecule has 39 heteroatoms. The number of aliphatic hydroxyl groups is 1. The molecule has 2 atom stereocenters. The van der Waals surface area contributed by atoms with Gasteiger partial charge in [-0.25, -0.2) is 17.7 Å². The maximum absolute atomic E-state index is 13.2. The van der Waals surface area contributed by atoms with Gasteiger partial charge in [0.25, 0.3) is 29.5 Å². The van der Waals surface area contributed by atoms with E-state index >= 15 is 0 Å². The van der Waals surface area contributed by atoms with Crippen LogP contribution >= 0.6 is 56.7 Å². The number of carbonyl (C=O) groups excluding carboxylic acids is 5. The number of aromatic nitrogens is 13. The second-order valence-corrected chi connectivity index (χ2v) is 39.4. The van der Waals surface area contributed by atoms with Gasteiger partial charge in [-0.15, -0.1) is 82.2 Å². The Kier molecular flexibility index (Phi) is 27.0. The molecule has 5 aliphatic rings. The number of thiophene rings is 5. The van der Waals surface area contributed by atoms with Crippen LogP contribution in [0.5, 0.6) is 0 Å². The monoisotopic (exact) mass is 1810 g/mol. The molecular weight excluding hydrogens is 1700 g/mol. The van der Waals surface area contributed by atoms with Gasteiger partial charge in [0.2, 0.25) is 16.0 Å². The number of piperidine rings is 2. The van der Waals surface area contributed by atoms with E-state index in [1.807, 2.05) is 132 Å². The van der Waals surface area contributed by atoms with Crippen molar-refractivity contribution in [1.29, 1.82) is 0 Å². The number of hydrogen-bond acceptors (Lipinski definition) is 31. The number of nitrogens with two attached hydrogens (primary N) is 5. The van der Waals surface area contributed by atoms with Crippen molar-refractivity contribution in [2.45, 2.75) is 139 Å². The predicted molar refractivity (Wildman–Crippen MR) is 496 cm³/mol. The van der Waals surface area contributed by atoms with E-state index in [1.165, 1.54) is 79.2 Å². The molecular formula is C86H105N25O8S6. The largest absolute Gasteiger partial charge is 0.397 e. The van der Waals surface area contributed by atoms with Crippen LogP contribution in [-0.4, -0.2) is 229 Å². The summed E-state index contributed by atoms with van der Waals surface area (Å²) in [5.41, 5.74) is 44.2. The highest BCUT2D eigenvalue weighted by Crippen LogP contribution is 2.44. The first kappa shape index (κ1) is 90.1. The first-order valence-corrected chi connectivity index (χ1v) is 47.5. The van der Waals surface area contributed by atoms with Gasteiger partial charge >= 0.3 is 0 Å². The zero-order valence-electron chi connectivity index (χ0n) is 72.4. The van der Waals surface area contributed by atoms with E-state index < -0.39 is 15.6 Å². The minimum Gasteiger partial charge on any atom is -0.397 e. The third-order valence-corrected chi connectivity index (χ3v) is 31.4. The predicted octanol–water partition coefficient (Wildman–Crippen LogP) is 12.0. The number of fused-ring (bicyclic) bond motifs is 5. The summed E-state index contributed by atoms with van der Waals surface area (Å²) in [5, 5.41) is 56.8. The topological polar surface area (TPSA) is 452 Å². The number of anilines is 6. The van der Waals surface area contributed by atoms with Gasteiger partial charge < -0.3 is 67.7 Å². The number of amides is 5. The van der Waals surface area contributed by atoms with Crippen molar-refractivity contribution < 1.29 is 37.5 Å². The van der Waals surface area contributed by atoms with Gasteiger partial charge in [-0.2, -0.15) is 25.5 Å². The van der Waals surface area contributed by atoms with Gasteiger partial charge in [0.1, 0.15) is 48.5 Å². The van der Waals surface area contributed by atoms with Crippen molar-refractivity contribution in [3.63, 3.8) is 0 Å². The fourth-order valence-corrected chi connectivity index (χ4v) is 22.8. The highest BCUT2D eigenvalue weighted by atomic mass is 32.2. The first-order chi connectivity index (χ1) is 59.7. The number of likely N-dealkylation sites (tertiary alicyclic amines) is 3. The highest BCUT2D eigenvalue weighted by molar-refractivity contribution is 7.88. The lowest BCUT2D eigenvalue weighted by Crippen LogP contribution is -2.49. The molecule has 0 aliphatic carbocycles. The van der Waals surface area contributed by atoms with E-state index in [0.717, 1.165) is 168 Å². The summed E-state index contributed by atoms with van der Waals surface area (Å²) in [7, 11) is -1.27. The van der Waals surface area contributed by atoms with E-state index in [0.29, 0.717) is 140 Å². The number of hydrogen-bond donors (Lipinski definition) is 6. The molecule has 11 N–H and O–H groups in total. The van der Waals surface area contributed by atoms with E-state index in [-0.39, 0.29) is 35.6 Å². The fourth-order valence-electron chi connectivity index (χ4n) is 16.5. The maximum Gasteiger partial charge on any atom is 0.266 e. The number of nitrogens with zero attached hydrogens (tertiary/aromatic N) is 20.